The average Bonchev–Trinajstić information content (AvgIpc) is 2.95. The number of hydrogen-bond donors (Lipinski definition) is 0. The Labute approximate surface area is 212 Å². The minimum absolute atomic E-state index is 0.164. The predicted octanol–water partition coefficient (Wildman–Crippen LogP) is 2.86. The average molecular weight is 501 g/mol. The number of ether oxygens (including phenoxy) is 1. The van der Waals surface area contributed by atoms with Gasteiger partial charge in [-0.2, -0.15) is 5.10 Å². The van der Waals surface area contributed by atoms with Gasteiger partial charge in [-0.3, -0.25) is 9.59 Å². The minimum atomic E-state index is -0.370. The van der Waals surface area contributed by atoms with Crippen LogP contribution in [0.25, 0.3) is 22.5 Å². The number of anilines is 1. The van der Waals surface area contributed by atoms with Gasteiger partial charge in [0.1, 0.15) is 30.3 Å². The third kappa shape index (κ3) is 5.48. The molecular weight excluding hydrogens is 475 g/mol. The van der Waals surface area contributed by atoms with E-state index in [9.17, 15) is 14.0 Å². The molecule has 5 rings (SSSR count). The second-order valence-electron chi connectivity index (χ2n) is 8.58. The Morgan fingerprint density at radius 3 is 2.27 bits per heavy atom. The Hall–Kier alpha value is -4.60. The summed E-state index contributed by atoms with van der Waals surface area (Å²) in [7, 11) is 1.63. The molecule has 1 aliphatic rings. The number of piperazine rings is 1. The quantitative estimate of drug-likeness (QED) is 0.402. The number of rotatable bonds is 6. The smallest absolute Gasteiger partial charge is 0.267 e. The standard InChI is InChI=1S/C27H25FN6O3/c1-37-22-8-4-20(5-9-22)24-16-25(30-18-29-24)32-12-14-33(15-13-32)27(36)17-34-26(35)11-10-23(31-34)19-2-6-21(28)7-3-19/h2-11,16,18H,12-15,17H2,1H3. The number of hydrogen-bond acceptors (Lipinski definition) is 7. The maximum absolute atomic E-state index is 13.2. The van der Waals surface area contributed by atoms with E-state index in [1.807, 2.05) is 30.3 Å². The minimum Gasteiger partial charge on any atom is -0.497 e. The largest absolute Gasteiger partial charge is 0.497 e. The molecular formula is C27H25FN6O3. The van der Waals surface area contributed by atoms with Crippen molar-refractivity contribution in [1.82, 2.24) is 24.6 Å². The van der Waals surface area contributed by atoms with Crippen molar-refractivity contribution in [2.75, 3.05) is 38.2 Å². The van der Waals surface area contributed by atoms with Gasteiger partial charge in [0.2, 0.25) is 5.91 Å². The fourth-order valence-electron chi connectivity index (χ4n) is 4.19. The van der Waals surface area contributed by atoms with Crippen LogP contribution in [0.2, 0.25) is 0 Å². The SMILES string of the molecule is COc1ccc(-c2cc(N3CCN(C(=O)Cn4nc(-c5ccc(F)cc5)ccc4=O)CC3)ncn2)cc1. The Morgan fingerprint density at radius 1 is 0.892 bits per heavy atom. The van der Waals surface area contributed by atoms with Crippen molar-refractivity contribution < 1.29 is 13.9 Å². The molecule has 1 aliphatic heterocycles. The first-order valence-corrected chi connectivity index (χ1v) is 11.8. The normalized spacial score (nSPS) is 13.5. The van der Waals surface area contributed by atoms with Gasteiger partial charge in [0, 0.05) is 49.4 Å². The number of aromatic nitrogens is 4. The van der Waals surface area contributed by atoms with E-state index in [2.05, 4.69) is 20.0 Å². The van der Waals surface area contributed by atoms with Crippen LogP contribution < -0.4 is 15.2 Å². The van der Waals surface area contributed by atoms with E-state index < -0.39 is 0 Å². The fourth-order valence-corrected chi connectivity index (χ4v) is 4.19. The van der Waals surface area contributed by atoms with Gasteiger partial charge in [0.05, 0.1) is 18.5 Å². The van der Waals surface area contributed by atoms with Crippen LogP contribution in [-0.2, 0) is 11.3 Å². The van der Waals surface area contributed by atoms with Crippen LogP contribution in [-0.4, -0.2) is 63.8 Å². The number of carbonyl (C=O) groups excluding carboxylic acids is 1. The third-order valence-electron chi connectivity index (χ3n) is 6.29. The third-order valence-corrected chi connectivity index (χ3v) is 6.29. The molecule has 0 bridgehead atoms. The highest BCUT2D eigenvalue weighted by Crippen LogP contribution is 2.24. The predicted molar refractivity (Wildman–Crippen MR) is 137 cm³/mol. The summed E-state index contributed by atoms with van der Waals surface area (Å²) < 4.78 is 19.6. The molecule has 2 aromatic heterocycles. The number of carbonyl (C=O) groups is 1. The second-order valence-corrected chi connectivity index (χ2v) is 8.58. The monoisotopic (exact) mass is 500 g/mol. The maximum atomic E-state index is 13.2. The summed E-state index contributed by atoms with van der Waals surface area (Å²) in [6, 6.07) is 18.4. The summed E-state index contributed by atoms with van der Waals surface area (Å²) in [6.45, 7) is 2.02. The van der Waals surface area contributed by atoms with E-state index in [-0.39, 0.29) is 23.8 Å². The number of halogens is 1. The molecule has 0 saturated carbocycles. The molecule has 9 nitrogen and oxygen atoms in total. The van der Waals surface area contributed by atoms with Gasteiger partial charge >= 0.3 is 0 Å². The second kappa shape index (κ2) is 10.6. The first-order valence-electron chi connectivity index (χ1n) is 11.8. The first kappa shape index (κ1) is 24.1. The molecule has 0 radical (unpaired) electrons. The number of methoxy groups -OCH3 is 1. The van der Waals surface area contributed by atoms with Crippen LogP contribution in [0.5, 0.6) is 5.75 Å². The van der Waals surface area contributed by atoms with Crippen molar-refractivity contribution in [2.24, 2.45) is 0 Å². The van der Waals surface area contributed by atoms with E-state index in [0.29, 0.717) is 37.4 Å². The molecule has 1 fully saturated rings. The highest BCUT2D eigenvalue weighted by atomic mass is 19.1. The van der Waals surface area contributed by atoms with Gasteiger partial charge in [-0.05, 0) is 54.6 Å². The van der Waals surface area contributed by atoms with Gasteiger partial charge in [-0.25, -0.2) is 19.0 Å². The zero-order valence-corrected chi connectivity index (χ0v) is 20.2. The summed E-state index contributed by atoms with van der Waals surface area (Å²) in [5.74, 6) is 1.02. The molecule has 1 saturated heterocycles. The zero-order chi connectivity index (χ0) is 25.8. The van der Waals surface area contributed by atoms with Crippen molar-refractivity contribution in [3.63, 3.8) is 0 Å². The number of amides is 1. The van der Waals surface area contributed by atoms with Gasteiger partial charge in [-0.15, -0.1) is 0 Å². The topological polar surface area (TPSA) is 93.5 Å². The molecule has 188 valence electrons. The van der Waals surface area contributed by atoms with Crippen molar-refractivity contribution in [3.05, 3.63) is 89.2 Å². The Balaban J connectivity index is 1.23. The van der Waals surface area contributed by atoms with Crippen LogP contribution >= 0.6 is 0 Å². The van der Waals surface area contributed by atoms with E-state index in [1.165, 1.54) is 18.2 Å². The molecule has 0 aliphatic carbocycles. The fraction of sp³-hybridized carbons (Fsp3) is 0.222. The van der Waals surface area contributed by atoms with Crippen LogP contribution in [0.4, 0.5) is 10.2 Å². The van der Waals surface area contributed by atoms with Crippen LogP contribution in [0, 0.1) is 5.82 Å². The molecule has 1 amide bonds. The first-order chi connectivity index (χ1) is 18.0. The molecule has 0 unspecified atom stereocenters. The molecule has 0 N–H and O–H groups in total. The zero-order valence-electron chi connectivity index (χ0n) is 20.2. The Morgan fingerprint density at radius 2 is 1.57 bits per heavy atom. The van der Waals surface area contributed by atoms with Crippen LogP contribution in [0.15, 0.2) is 77.9 Å². The van der Waals surface area contributed by atoms with Crippen molar-refractivity contribution in [1.29, 1.82) is 0 Å². The highest BCUT2D eigenvalue weighted by molar-refractivity contribution is 5.76. The molecule has 0 atom stereocenters. The molecule has 10 heteroatoms. The number of benzene rings is 2. The molecule has 37 heavy (non-hydrogen) atoms. The summed E-state index contributed by atoms with van der Waals surface area (Å²) in [5.41, 5.74) is 2.55. The summed E-state index contributed by atoms with van der Waals surface area (Å²) in [4.78, 5) is 38.0. The van der Waals surface area contributed by atoms with Crippen molar-refractivity contribution >= 4 is 11.7 Å². The molecule has 3 heterocycles. The molecule has 4 aromatic rings. The van der Waals surface area contributed by atoms with E-state index in [4.69, 9.17) is 4.74 Å². The van der Waals surface area contributed by atoms with Crippen molar-refractivity contribution in [3.8, 4) is 28.3 Å². The van der Waals surface area contributed by atoms with Crippen LogP contribution in [0.1, 0.15) is 0 Å². The van der Waals surface area contributed by atoms with Crippen LogP contribution in [0.3, 0.4) is 0 Å². The van der Waals surface area contributed by atoms with Crippen molar-refractivity contribution in [2.45, 2.75) is 6.54 Å². The Kier molecular flexibility index (Phi) is 6.89. The summed E-state index contributed by atoms with van der Waals surface area (Å²) in [6.07, 6.45) is 1.54. The van der Waals surface area contributed by atoms with Gasteiger partial charge in [0.25, 0.3) is 5.56 Å². The van der Waals surface area contributed by atoms with Gasteiger partial charge in [-0.1, -0.05) is 0 Å². The van der Waals surface area contributed by atoms with E-state index in [1.54, 1.807) is 36.5 Å². The lowest BCUT2D eigenvalue weighted by atomic mass is 10.1. The Bertz CT molecular complexity index is 1450. The van der Waals surface area contributed by atoms with E-state index >= 15 is 0 Å². The summed E-state index contributed by atoms with van der Waals surface area (Å²) in [5, 5.41) is 4.32. The van der Waals surface area contributed by atoms with E-state index in [0.717, 1.165) is 27.5 Å². The lowest BCUT2D eigenvalue weighted by Crippen LogP contribution is -2.50. The number of nitrogens with zero attached hydrogens (tertiary/aromatic N) is 6. The highest BCUT2D eigenvalue weighted by Gasteiger charge is 2.23. The molecule has 2 aromatic carbocycles. The van der Waals surface area contributed by atoms with Gasteiger partial charge in [0.15, 0.2) is 0 Å². The summed E-state index contributed by atoms with van der Waals surface area (Å²) >= 11 is 0. The van der Waals surface area contributed by atoms with Gasteiger partial charge < -0.3 is 14.5 Å². The molecule has 0 spiro atoms. The maximum Gasteiger partial charge on any atom is 0.267 e. The lowest BCUT2D eigenvalue weighted by molar-refractivity contribution is -0.132. The lowest BCUT2D eigenvalue weighted by Gasteiger charge is -2.35.